The lowest BCUT2D eigenvalue weighted by Crippen LogP contribution is -2.27. The molecular formula is C13H19N3O2. The molecule has 0 aliphatic heterocycles. The molecule has 0 bridgehead atoms. The third-order valence-electron chi connectivity index (χ3n) is 3.55. The Bertz CT molecular complexity index is 422. The normalized spacial score (nSPS) is 24.3. The molecule has 1 aliphatic rings. The van der Waals surface area contributed by atoms with Gasteiger partial charge in [-0.05, 0) is 18.8 Å². The summed E-state index contributed by atoms with van der Waals surface area (Å²) in [5.41, 5.74) is -0.0127. The highest BCUT2D eigenvalue weighted by Crippen LogP contribution is 2.25. The minimum absolute atomic E-state index is 0.0127. The maximum atomic E-state index is 10.8. The van der Waals surface area contributed by atoms with E-state index in [0.29, 0.717) is 17.8 Å². The Labute approximate surface area is 107 Å². The van der Waals surface area contributed by atoms with Crippen molar-refractivity contribution in [1.82, 2.24) is 9.97 Å². The van der Waals surface area contributed by atoms with Gasteiger partial charge < -0.3 is 10.4 Å². The second-order valence-electron chi connectivity index (χ2n) is 4.96. The van der Waals surface area contributed by atoms with Gasteiger partial charge in [-0.25, -0.2) is 9.78 Å². The number of nitrogens with one attached hydrogen (secondary N) is 1. The van der Waals surface area contributed by atoms with Crippen molar-refractivity contribution in [2.45, 2.75) is 45.1 Å². The number of hydrogen-bond acceptors (Lipinski definition) is 4. The van der Waals surface area contributed by atoms with E-state index >= 15 is 0 Å². The van der Waals surface area contributed by atoms with Gasteiger partial charge in [0.2, 0.25) is 0 Å². The van der Waals surface area contributed by atoms with Crippen LogP contribution in [-0.4, -0.2) is 27.1 Å². The topological polar surface area (TPSA) is 75.1 Å². The predicted octanol–water partition coefficient (Wildman–Crippen LogP) is 2.56. The highest BCUT2D eigenvalue weighted by atomic mass is 16.4. The first kappa shape index (κ1) is 12.8. The molecule has 2 atom stereocenters. The van der Waals surface area contributed by atoms with Gasteiger partial charge >= 0.3 is 5.97 Å². The summed E-state index contributed by atoms with van der Waals surface area (Å²) >= 11 is 0. The largest absolute Gasteiger partial charge is 0.476 e. The number of hydrogen-bond donors (Lipinski definition) is 2. The monoisotopic (exact) mass is 249 g/mol. The van der Waals surface area contributed by atoms with Gasteiger partial charge in [0.1, 0.15) is 5.82 Å². The SMILES string of the molecule is CC1CCCCCC1Nc1cncc(C(=O)O)n1. The van der Waals surface area contributed by atoms with Crippen molar-refractivity contribution in [3.8, 4) is 0 Å². The van der Waals surface area contributed by atoms with E-state index in [0.717, 1.165) is 6.42 Å². The van der Waals surface area contributed by atoms with Gasteiger partial charge in [-0.3, -0.25) is 4.98 Å². The van der Waals surface area contributed by atoms with E-state index in [9.17, 15) is 4.79 Å². The summed E-state index contributed by atoms with van der Waals surface area (Å²) in [6, 6.07) is 0.367. The van der Waals surface area contributed by atoms with Crippen LogP contribution in [0.2, 0.25) is 0 Å². The Hall–Kier alpha value is -1.65. The van der Waals surface area contributed by atoms with Crippen LogP contribution in [0.3, 0.4) is 0 Å². The molecule has 2 N–H and O–H groups in total. The van der Waals surface area contributed by atoms with Crippen molar-refractivity contribution in [2.24, 2.45) is 5.92 Å². The maximum absolute atomic E-state index is 10.8. The molecule has 0 radical (unpaired) electrons. The van der Waals surface area contributed by atoms with Crippen molar-refractivity contribution in [1.29, 1.82) is 0 Å². The van der Waals surface area contributed by atoms with Crippen LogP contribution in [0.4, 0.5) is 5.82 Å². The third-order valence-corrected chi connectivity index (χ3v) is 3.55. The number of carboxylic acids is 1. The average Bonchev–Trinajstić information content (AvgIpc) is 2.55. The van der Waals surface area contributed by atoms with E-state index in [-0.39, 0.29) is 5.69 Å². The van der Waals surface area contributed by atoms with E-state index in [2.05, 4.69) is 22.2 Å². The Morgan fingerprint density at radius 2 is 2.11 bits per heavy atom. The Balaban J connectivity index is 2.07. The van der Waals surface area contributed by atoms with Gasteiger partial charge in [-0.2, -0.15) is 0 Å². The molecule has 2 unspecified atom stereocenters. The van der Waals surface area contributed by atoms with Crippen molar-refractivity contribution in [3.05, 3.63) is 18.1 Å². The van der Waals surface area contributed by atoms with Gasteiger partial charge in [0.25, 0.3) is 0 Å². The average molecular weight is 249 g/mol. The number of carbonyl (C=O) groups is 1. The third kappa shape index (κ3) is 3.18. The lowest BCUT2D eigenvalue weighted by Gasteiger charge is -2.23. The molecule has 0 saturated heterocycles. The summed E-state index contributed by atoms with van der Waals surface area (Å²) in [7, 11) is 0. The minimum atomic E-state index is -1.04. The molecule has 0 aromatic carbocycles. The van der Waals surface area contributed by atoms with E-state index in [4.69, 9.17) is 5.11 Å². The van der Waals surface area contributed by atoms with Crippen LogP contribution in [0.25, 0.3) is 0 Å². The second kappa shape index (κ2) is 5.80. The number of carboxylic acid groups (broad SMARTS) is 1. The molecule has 1 fully saturated rings. The second-order valence-corrected chi connectivity index (χ2v) is 4.96. The van der Waals surface area contributed by atoms with Crippen LogP contribution < -0.4 is 5.32 Å². The molecule has 98 valence electrons. The smallest absolute Gasteiger partial charge is 0.356 e. The first-order chi connectivity index (χ1) is 8.66. The zero-order valence-corrected chi connectivity index (χ0v) is 10.6. The quantitative estimate of drug-likeness (QED) is 0.805. The first-order valence-electron chi connectivity index (χ1n) is 6.48. The summed E-state index contributed by atoms with van der Waals surface area (Å²) in [6.07, 6.45) is 8.95. The molecule has 0 spiro atoms. The molecule has 5 nitrogen and oxygen atoms in total. The fourth-order valence-electron chi connectivity index (χ4n) is 2.44. The van der Waals surface area contributed by atoms with E-state index in [1.807, 2.05) is 0 Å². The zero-order chi connectivity index (χ0) is 13.0. The highest BCUT2D eigenvalue weighted by Gasteiger charge is 2.20. The molecule has 2 rings (SSSR count). The molecule has 1 heterocycles. The summed E-state index contributed by atoms with van der Waals surface area (Å²) in [4.78, 5) is 18.8. The van der Waals surface area contributed by atoms with Gasteiger partial charge in [-0.15, -0.1) is 0 Å². The van der Waals surface area contributed by atoms with Crippen LogP contribution >= 0.6 is 0 Å². The summed E-state index contributed by atoms with van der Waals surface area (Å²) < 4.78 is 0. The van der Waals surface area contributed by atoms with E-state index < -0.39 is 5.97 Å². The fourth-order valence-corrected chi connectivity index (χ4v) is 2.44. The van der Waals surface area contributed by atoms with Crippen LogP contribution in [-0.2, 0) is 0 Å². The number of aromatic carboxylic acids is 1. The molecule has 1 aromatic rings. The molecular weight excluding hydrogens is 230 g/mol. The van der Waals surface area contributed by atoms with Crippen molar-refractivity contribution < 1.29 is 9.90 Å². The molecule has 1 aliphatic carbocycles. The fraction of sp³-hybridized carbons (Fsp3) is 0.615. The molecule has 18 heavy (non-hydrogen) atoms. The Morgan fingerprint density at radius 3 is 2.89 bits per heavy atom. The highest BCUT2D eigenvalue weighted by molar-refractivity contribution is 5.85. The van der Waals surface area contributed by atoms with E-state index in [1.165, 1.54) is 31.9 Å². The van der Waals surface area contributed by atoms with E-state index in [1.54, 1.807) is 6.20 Å². The Kier molecular flexibility index (Phi) is 4.12. The first-order valence-corrected chi connectivity index (χ1v) is 6.48. The summed E-state index contributed by atoms with van der Waals surface area (Å²) in [6.45, 7) is 2.23. The van der Waals surface area contributed by atoms with Crippen LogP contribution in [0.5, 0.6) is 0 Å². The van der Waals surface area contributed by atoms with Gasteiger partial charge in [0.05, 0.1) is 12.4 Å². The van der Waals surface area contributed by atoms with Crippen molar-refractivity contribution in [3.63, 3.8) is 0 Å². The van der Waals surface area contributed by atoms with Gasteiger partial charge in [-0.1, -0.05) is 26.2 Å². The lowest BCUT2D eigenvalue weighted by molar-refractivity contribution is 0.0690. The number of nitrogens with zero attached hydrogens (tertiary/aromatic N) is 2. The Morgan fingerprint density at radius 1 is 1.33 bits per heavy atom. The molecule has 5 heteroatoms. The van der Waals surface area contributed by atoms with Crippen molar-refractivity contribution in [2.75, 3.05) is 5.32 Å². The van der Waals surface area contributed by atoms with Crippen LogP contribution in [0, 0.1) is 5.92 Å². The summed E-state index contributed by atoms with van der Waals surface area (Å²) in [5.74, 6) is 0.108. The predicted molar refractivity (Wildman–Crippen MR) is 68.7 cm³/mol. The number of rotatable bonds is 3. The van der Waals surface area contributed by atoms with Gasteiger partial charge in [0, 0.05) is 6.04 Å². The van der Waals surface area contributed by atoms with Crippen LogP contribution in [0.15, 0.2) is 12.4 Å². The standard InChI is InChI=1S/C13H19N3O2/c1-9-5-3-2-4-6-10(9)15-12-8-14-7-11(16-12)13(17)18/h7-10H,2-6H2,1H3,(H,15,16)(H,17,18). The molecule has 1 saturated carbocycles. The van der Waals surface area contributed by atoms with Crippen LogP contribution in [0.1, 0.15) is 49.5 Å². The number of aromatic nitrogens is 2. The zero-order valence-electron chi connectivity index (χ0n) is 10.6. The van der Waals surface area contributed by atoms with Crippen molar-refractivity contribution >= 4 is 11.8 Å². The van der Waals surface area contributed by atoms with Gasteiger partial charge in [0.15, 0.2) is 5.69 Å². The minimum Gasteiger partial charge on any atom is -0.476 e. The summed E-state index contributed by atoms with van der Waals surface area (Å²) in [5, 5.41) is 12.2. The lowest BCUT2D eigenvalue weighted by atomic mass is 9.97. The molecule has 1 aromatic heterocycles. The maximum Gasteiger partial charge on any atom is 0.356 e. The molecule has 0 amide bonds. The number of anilines is 1.